The van der Waals surface area contributed by atoms with E-state index in [4.69, 9.17) is 4.74 Å². The van der Waals surface area contributed by atoms with E-state index in [-0.39, 0.29) is 11.6 Å². The molecule has 0 saturated heterocycles. The van der Waals surface area contributed by atoms with Crippen LogP contribution < -0.4 is 10.1 Å². The lowest BCUT2D eigenvalue weighted by molar-refractivity contribution is 0.0640. The maximum atomic E-state index is 6.09. The molecule has 2 atom stereocenters. The molecule has 2 heterocycles. The van der Waals surface area contributed by atoms with E-state index in [0.717, 1.165) is 12.2 Å². The lowest BCUT2D eigenvalue weighted by Crippen LogP contribution is -2.40. The number of aromatic nitrogens is 1. The number of nitrogens with one attached hydrogen (secondary N) is 1. The number of pyridine rings is 1. The highest BCUT2D eigenvalue weighted by Crippen LogP contribution is 2.40. The molecule has 0 fully saturated rings. The summed E-state index contributed by atoms with van der Waals surface area (Å²) in [5.74, 6) is 0.994. The minimum Gasteiger partial charge on any atom is -0.487 e. The van der Waals surface area contributed by atoms with Crippen LogP contribution in [-0.2, 0) is 0 Å². The van der Waals surface area contributed by atoms with Crippen LogP contribution in [0, 0.1) is 0 Å². The molecule has 1 aliphatic rings. The van der Waals surface area contributed by atoms with Gasteiger partial charge in [0.15, 0.2) is 0 Å². The molecule has 0 spiro atoms. The highest BCUT2D eigenvalue weighted by molar-refractivity contribution is 5.39. The summed E-state index contributed by atoms with van der Waals surface area (Å²) in [5.41, 5.74) is 2.36. The van der Waals surface area contributed by atoms with Crippen molar-refractivity contribution in [2.75, 3.05) is 0 Å². The van der Waals surface area contributed by atoms with Crippen LogP contribution in [0.1, 0.15) is 50.4 Å². The van der Waals surface area contributed by atoms with Crippen molar-refractivity contribution in [3.05, 3.63) is 59.9 Å². The molecule has 3 nitrogen and oxygen atoms in total. The van der Waals surface area contributed by atoms with Crippen LogP contribution in [0.4, 0.5) is 0 Å². The minimum absolute atomic E-state index is 0.149. The molecular weight excluding hydrogens is 260 g/mol. The smallest absolute Gasteiger partial charge is 0.124 e. The van der Waals surface area contributed by atoms with Gasteiger partial charge >= 0.3 is 0 Å². The molecule has 0 aliphatic carbocycles. The van der Waals surface area contributed by atoms with Gasteiger partial charge in [-0.15, -0.1) is 0 Å². The summed E-state index contributed by atoms with van der Waals surface area (Å²) in [4.78, 5) is 4.09. The summed E-state index contributed by atoms with van der Waals surface area (Å²) < 4.78 is 6.09. The zero-order chi connectivity index (χ0) is 14.9. The Labute approximate surface area is 126 Å². The molecule has 1 aromatic carbocycles. The Hall–Kier alpha value is -1.87. The van der Waals surface area contributed by atoms with Crippen LogP contribution in [0.15, 0.2) is 48.8 Å². The van der Waals surface area contributed by atoms with Gasteiger partial charge in [0.05, 0.1) is 0 Å². The third-order valence-electron chi connectivity index (χ3n) is 4.03. The molecule has 1 aliphatic heterocycles. The number of hydrogen-bond acceptors (Lipinski definition) is 3. The van der Waals surface area contributed by atoms with Crippen LogP contribution >= 0.6 is 0 Å². The molecule has 0 saturated carbocycles. The first-order valence-electron chi connectivity index (χ1n) is 7.49. The zero-order valence-electron chi connectivity index (χ0n) is 12.8. The van der Waals surface area contributed by atoms with Gasteiger partial charge in [-0.3, -0.25) is 4.98 Å². The van der Waals surface area contributed by atoms with Gasteiger partial charge in [-0.25, -0.2) is 0 Å². The molecule has 0 amide bonds. The van der Waals surface area contributed by atoms with E-state index in [2.05, 4.69) is 61.4 Å². The third-order valence-corrected chi connectivity index (χ3v) is 4.03. The number of fused-ring (bicyclic) bond motifs is 1. The van der Waals surface area contributed by atoms with Crippen LogP contribution in [0.25, 0.3) is 0 Å². The summed E-state index contributed by atoms with van der Waals surface area (Å²) in [6.45, 7) is 6.49. The van der Waals surface area contributed by atoms with Gasteiger partial charge < -0.3 is 10.1 Å². The Morgan fingerprint density at radius 2 is 1.90 bits per heavy atom. The predicted octanol–water partition coefficient (Wildman–Crippen LogP) is 4.03. The van der Waals surface area contributed by atoms with Crippen molar-refractivity contribution in [3.63, 3.8) is 0 Å². The fourth-order valence-electron chi connectivity index (χ4n) is 3.00. The van der Waals surface area contributed by atoms with Gasteiger partial charge in [0.1, 0.15) is 11.4 Å². The van der Waals surface area contributed by atoms with Gasteiger partial charge in [0.2, 0.25) is 0 Å². The molecule has 0 radical (unpaired) electrons. The van der Waals surface area contributed by atoms with E-state index in [1.54, 1.807) is 0 Å². The number of nitrogens with zero attached hydrogens (tertiary/aromatic N) is 1. The maximum absolute atomic E-state index is 6.09. The van der Waals surface area contributed by atoms with Crippen molar-refractivity contribution in [2.45, 2.75) is 44.9 Å². The van der Waals surface area contributed by atoms with Gasteiger partial charge in [0.25, 0.3) is 0 Å². The highest BCUT2D eigenvalue weighted by atomic mass is 16.5. The first-order valence-corrected chi connectivity index (χ1v) is 7.49. The van der Waals surface area contributed by atoms with E-state index < -0.39 is 0 Å². The van der Waals surface area contributed by atoms with Crippen molar-refractivity contribution in [1.82, 2.24) is 10.3 Å². The summed E-state index contributed by atoms with van der Waals surface area (Å²) in [7, 11) is 0. The van der Waals surface area contributed by atoms with Crippen molar-refractivity contribution < 1.29 is 4.74 Å². The van der Waals surface area contributed by atoms with Gasteiger partial charge in [-0.2, -0.15) is 0 Å². The van der Waals surface area contributed by atoms with Gasteiger partial charge in [-0.05, 0) is 44.5 Å². The maximum Gasteiger partial charge on any atom is 0.124 e. The second-order valence-corrected chi connectivity index (χ2v) is 6.33. The molecule has 110 valence electrons. The van der Waals surface area contributed by atoms with Crippen molar-refractivity contribution in [2.24, 2.45) is 0 Å². The average molecular weight is 282 g/mol. The van der Waals surface area contributed by atoms with Crippen molar-refractivity contribution in [3.8, 4) is 5.75 Å². The predicted molar refractivity (Wildman–Crippen MR) is 84.3 cm³/mol. The summed E-state index contributed by atoms with van der Waals surface area (Å²) >= 11 is 0. The Balaban J connectivity index is 1.85. The Morgan fingerprint density at radius 1 is 1.19 bits per heavy atom. The lowest BCUT2D eigenvalue weighted by atomic mass is 9.89. The van der Waals surface area contributed by atoms with E-state index in [1.165, 1.54) is 11.1 Å². The van der Waals surface area contributed by atoms with E-state index in [9.17, 15) is 0 Å². The molecule has 0 bridgehead atoms. The molecule has 3 heteroatoms. The number of benzene rings is 1. The number of hydrogen-bond donors (Lipinski definition) is 1. The molecular formula is C18H22N2O. The lowest BCUT2D eigenvalue weighted by Gasteiger charge is -2.39. The standard InChI is InChI=1S/C18H22N2O/c1-13(14-8-10-19-11-9-14)20-16-12-18(2,3)21-17-7-5-4-6-15(16)17/h4-11,13,16,20H,12H2,1-3H3/t13-,16?/m1/s1. The van der Waals surface area contributed by atoms with E-state index in [1.807, 2.05) is 18.5 Å². The fraction of sp³-hybridized carbons (Fsp3) is 0.389. The van der Waals surface area contributed by atoms with Crippen LogP contribution in [0.2, 0.25) is 0 Å². The van der Waals surface area contributed by atoms with E-state index in [0.29, 0.717) is 6.04 Å². The first kappa shape index (κ1) is 14.1. The molecule has 1 N–H and O–H groups in total. The monoisotopic (exact) mass is 282 g/mol. The van der Waals surface area contributed by atoms with Gasteiger partial charge in [0, 0.05) is 36.5 Å². The Kier molecular flexibility index (Phi) is 3.68. The second kappa shape index (κ2) is 5.49. The number of rotatable bonds is 3. The summed E-state index contributed by atoms with van der Waals surface area (Å²) in [6.07, 6.45) is 4.64. The number of ether oxygens (including phenoxy) is 1. The molecule has 2 aromatic rings. The fourth-order valence-corrected chi connectivity index (χ4v) is 3.00. The zero-order valence-corrected chi connectivity index (χ0v) is 12.8. The summed E-state index contributed by atoms with van der Waals surface area (Å²) in [6, 6.07) is 13.0. The van der Waals surface area contributed by atoms with E-state index >= 15 is 0 Å². The Morgan fingerprint density at radius 3 is 2.67 bits per heavy atom. The SMILES string of the molecule is C[C@@H](NC1CC(C)(C)Oc2ccccc21)c1ccncc1. The normalized spacial score (nSPS) is 21.2. The highest BCUT2D eigenvalue weighted by Gasteiger charge is 2.33. The van der Waals surface area contributed by atoms with Crippen LogP contribution in [0.3, 0.4) is 0 Å². The van der Waals surface area contributed by atoms with Crippen LogP contribution in [-0.4, -0.2) is 10.6 Å². The molecule has 3 rings (SSSR count). The second-order valence-electron chi connectivity index (χ2n) is 6.33. The molecule has 1 aromatic heterocycles. The van der Waals surface area contributed by atoms with Crippen LogP contribution in [0.5, 0.6) is 5.75 Å². The van der Waals surface area contributed by atoms with Crippen molar-refractivity contribution in [1.29, 1.82) is 0 Å². The summed E-state index contributed by atoms with van der Waals surface area (Å²) in [5, 5.41) is 3.74. The minimum atomic E-state index is -0.149. The van der Waals surface area contributed by atoms with Gasteiger partial charge in [-0.1, -0.05) is 18.2 Å². The first-order chi connectivity index (χ1) is 10.1. The quantitative estimate of drug-likeness (QED) is 0.922. The average Bonchev–Trinajstić information content (AvgIpc) is 2.47. The van der Waals surface area contributed by atoms with Crippen molar-refractivity contribution >= 4 is 0 Å². The number of para-hydroxylation sites is 1. The topological polar surface area (TPSA) is 34.1 Å². The third kappa shape index (κ3) is 3.08. The molecule has 1 unspecified atom stereocenters. The largest absolute Gasteiger partial charge is 0.487 e. The Bertz CT molecular complexity index is 610. The molecule has 21 heavy (non-hydrogen) atoms.